The minimum Gasteiger partial charge on any atom is -0.309 e. The third-order valence-corrected chi connectivity index (χ3v) is 13.5. The van der Waals surface area contributed by atoms with Crippen LogP contribution in [-0.4, -0.2) is 24.1 Å². The van der Waals surface area contributed by atoms with Gasteiger partial charge in [-0.3, -0.25) is 0 Å². The van der Waals surface area contributed by atoms with Crippen LogP contribution >= 0.6 is 0 Å². The van der Waals surface area contributed by atoms with E-state index in [0.717, 1.165) is 55.0 Å². The summed E-state index contributed by atoms with van der Waals surface area (Å²) in [5, 5.41) is 14.1. The zero-order chi connectivity index (χ0) is 43.3. The van der Waals surface area contributed by atoms with Crippen molar-refractivity contribution in [3.05, 3.63) is 224 Å². The summed E-state index contributed by atoms with van der Waals surface area (Å²) in [4.78, 5) is 15.9. The second kappa shape index (κ2) is 14.3. The van der Waals surface area contributed by atoms with Crippen LogP contribution < -0.4 is 0 Å². The molecule has 0 saturated carbocycles. The Labute approximate surface area is 379 Å². The van der Waals surface area contributed by atoms with Crippen LogP contribution in [0.3, 0.4) is 0 Å². The fraction of sp³-hybridized carbons (Fsp3) is 0. The molecule has 0 unspecified atom stereocenters. The molecule has 0 aliphatic heterocycles. The third kappa shape index (κ3) is 5.38. The molecule has 5 heteroatoms. The van der Waals surface area contributed by atoms with Gasteiger partial charge in [0.25, 0.3) is 0 Å². The largest absolute Gasteiger partial charge is 0.309 e. The molecular weight excluding hydrogens is 803 g/mol. The second-order valence-corrected chi connectivity index (χ2v) is 17.1. The van der Waals surface area contributed by atoms with E-state index in [4.69, 9.17) is 15.0 Å². The Morgan fingerprint density at radius 3 is 1.42 bits per heavy atom. The molecule has 66 heavy (non-hydrogen) atoms. The molecule has 0 spiro atoms. The van der Waals surface area contributed by atoms with Gasteiger partial charge in [0.15, 0.2) is 17.5 Å². The lowest BCUT2D eigenvalue weighted by atomic mass is 9.96. The Morgan fingerprint density at radius 2 is 0.742 bits per heavy atom. The minimum absolute atomic E-state index is 0.626. The first kappa shape index (κ1) is 36.5. The monoisotopic (exact) mass is 839 g/mol. The fourth-order valence-corrected chi connectivity index (χ4v) is 10.7. The van der Waals surface area contributed by atoms with Crippen molar-refractivity contribution in [1.29, 1.82) is 0 Å². The molecule has 11 aromatic carbocycles. The van der Waals surface area contributed by atoms with Crippen LogP contribution in [0, 0.1) is 0 Å². The number of aromatic nitrogens is 5. The van der Waals surface area contributed by atoms with E-state index in [-0.39, 0.29) is 0 Å². The molecule has 0 bridgehead atoms. The molecule has 0 radical (unpaired) electrons. The van der Waals surface area contributed by atoms with Crippen LogP contribution in [0.5, 0.6) is 0 Å². The van der Waals surface area contributed by atoms with Crippen LogP contribution in [0.25, 0.3) is 132 Å². The van der Waals surface area contributed by atoms with Crippen LogP contribution in [0.2, 0.25) is 0 Å². The van der Waals surface area contributed by atoms with E-state index in [1.807, 2.05) is 18.2 Å². The SMILES string of the molecule is c1ccc(-c2nc(-c3ccc(-n4c5ccccc5c5c(-n6c7ccccc7c7ccccc76)c6ccccc6cc54)c4ccccc34)nc(-c3cc4ccccc4c4ccccc34)n2)cc1. The van der Waals surface area contributed by atoms with Crippen LogP contribution in [0.15, 0.2) is 224 Å². The highest BCUT2D eigenvalue weighted by atomic mass is 15.0. The lowest BCUT2D eigenvalue weighted by molar-refractivity contribution is 1.08. The van der Waals surface area contributed by atoms with Crippen LogP contribution in [-0.2, 0) is 0 Å². The van der Waals surface area contributed by atoms with Gasteiger partial charge in [0, 0.05) is 49.0 Å². The van der Waals surface area contributed by atoms with Crippen molar-refractivity contribution >= 4 is 86.7 Å². The van der Waals surface area contributed by atoms with E-state index in [2.05, 4.69) is 215 Å². The Hall–Kier alpha value is -8.93. The molecule has 14 aromatic rings. The van der Waals surface area contributed by atoms with E-state index >= 15 is 0 Å². The van der Waals surface area contributed by atoms with Crippen molar-refractivity contribution in [2.45, 2.75) is 0 Å². The smallest absolute Gasteiger partial charge is 0.164 e. The van der Waals surface area contributed by atoms with E-state index in [9.17, 15) is 0 Å². The predicted octanol–water partition coefficient (Wildman–Crippen LogP) is 15.7. The lowest BCUT2D eigenvalue weighted by Gasteiger charge is -2.17. The molecule has 0 amide bonds. The summed E-state index contributed by atoms with van der Waals surface area (Å²) in [6.07, 6.45) is 0. The van der Waals surface area contributed by atoms with Crippen molar-refractivity contribution in [1.82, 2.24) is 24.1 Å². The molecule has 3 aromatic heterocycles. The van der Waals surface area contributed by atoms with E-state index < -0.39 is 0 Å². The minimum atomic E-state index is 0.626. The van der Waals surface area contributed by atoms with Gasteiger partial charge >= 0.3 is 0 Å². The van der Waals surface area contributed by atoms with Crippen molar-refractivity contribution in [2.75, 3.05) is 0 Å². The molecule has 0 saturated heterocycles. The molecule has 0 N–H and O–H groups in total. The van der Waals surface area contributed by atoms with E-state index in [0.29, 0.717) is 17.5 Å². The molecule has 14 rings (SSSR count). The summed E-state index contributed by atoms with van der Waals surface area (Å²) in [7, 11) is 0. The summed E-state index contributed by atoms with van der Waals surface area (Å²) in [5.74, 6) is 1.90. The highest BCUT2D eigenvalue weighted by Gasteiger charge is 2.24. The number of benzene rings is 11. The Bertz CT molecular complexity index is 4240. The Morgan fingerprint density at radius 1 is 0.273 bits per heavy atom. The number of fused-ring (bicyclic) bond motifs is 11. The summed E-state index contributed by atoms with van der Waals surface area (Å²) in [6, 6.07) is 80.4. The average molecular weight is 840 g/mol. The summed E-state index contributed by atoms with van der Waals surface area (Å²) in [5.41, 5.74) is 9.77. The van der Waals surface area contributed by atoms with Gasteiger partial charge in [-0.05, 0) is 74.8 Å². The number of nitrogens with zero attached hydrogens (tertiary/aromatic N) is 5. The maximum atomic E-state index is 5.39. The quantitative estimate of drug-likeness (QED) is 0.162. The first-order valence-electron chi connectivity index (χ1n) is 22.5. The lowest BCUT2D eigenvalue weighted by Crippen LogP contribution is -2.02. The molecule has 0 atom stereocenters. The third-order valence-electron chi connectivity index (χ3n) is 13.5. The predicted molar refractivity (Wildman–Crippen MR) is 275 cm³/mol. The van der Waals surface area contributed by atoms with Crippen LogP contribution in [0.1, 0.15) is 0 Å². The van der Waals surface area contributed by atoms with Gasteiger partial charge < -0.3 is 9.13 Å². The number of hydrogen-bond donors (Lipinski definition) is 0. The molecule has 0 aliphatic rings. The van der Waals surface area contributed by atoms with Crippen LogP contribution in [0.4, 0.5) is 0 Å². The number of hydrogen-bond acceptors (Lipinski definition) is 3. The van der Waals surface area contributed by atoms with Crippen molar-refractivity contribution < 1.29 is 0 Å². The molecular formula is C61H37N5. The highest BCUT2D eigenvalue weighted by Crippen LogP contribution is 2.45. The van der Waals surface area contributed by atoms with E-state index in [1.165, 1.54) is 59.8 Å². The van der Waals surface area contributed by atoms with Crippen molar-refractivity contribution in [2.24, 2.45) is 0 Å². The highest BCUT2D eigenvalue weighted by molar-refractivity contribution is 6.23. The molecule has 306 valence electrons. The molecule has 0 aliphatic carbocycles. The Balaban J connectivity index is 1.05. The summed E-state index contributed by atoms with van der Waals surface area (Å²) >= 11 is 0. The first-order valence-corrected chi connectivity index (χ1v) is 22.5. The normalized spacial score (nSPS) is 11.9. The van der Waals surface area contributed by atoms with Gasteiger partial charge in [0.1, 0.15) is 0 Å². The molecule has 3 heterocycles. The van der Waals surface area contributed by atoms with E-state index in [1.54, 1.807) is 0 Å². The van der Waals surface area contributed by atoms with Gasteiger partial charge in [0.2, 0.25) is 0 Å². The van der Waals surface area contributed by atoms with Gasteiger partial charge in [-0.15, -0.1) is 0 Å². The van der Waals surface area contributed by atoms with Crippen molar-refractivity contribution in [3.63, 3.8) is 0 Å². The second-order valence-electron chi connectivity index (χ2n) is 17.1. The number of para-hydroxylation sites is 3. The average Bonchev–Trinajstić information content (AvgIpc) is 3.90. The maximum absolute atomic E-state index is 5.39. The Kier molecular flexibility index (Phi) is 7.91. The first-order chi connectivity index (χ1) is 32.8. The molecule has 0 fully saturated rings. The standard InChI is InChI=1S/C61H37N5/c1-2-18-38(19-3-1)59-62-60(64-61(63-59)51-36-39-20-4-6-22-41(39)43-24-8-9-25-44(43)51)49-34-35-55(46-27-11-10-26-45(46)49)65-54-33-17-14-30-50(54)57-56(65)37-40-21-5-7-23-42(40)58(57)66-52-31-15-12-28-47(52)48-29-13-16-32-53(48)66/h1-37H. The summed E-state index contributed by atoms with van der Waals surface area (Å²) in [6.45, 7) is 0. The van der Waals surface area contributed by atoms with Gasteiger partial charge in [-0.25, -0.2) is 15.0 Å². The number of rotatable bonds is 5. The summed E-state index contributed by atoms with van der Waals surface area (Å²) < 4.78 is 4.96. The van der Waals surface area contributed by atoms with Crippen molar-refractivity contribution in [3.8, 4) is 45.5 Å². The topological polar surface area (TPSA) is 48.5 Å². The fourth-order valence-electron chi connectivity index (χ4n) is 10.7. The van der Waals surface area contributed by atoms with Gasteiger partial charge in [-0.2, -0.15) is 0 Å². The zero-order valence-corrected chi connectivity index (χ0v) is 35.6. The van der Waals surface area contributed by atoms with Gasteiger partial charge in [0.05, 0.1) is 33.4 Å². The van der Waals surface area contributed by atoms with Gasteiger partial charge in [-0.1, -0.05) is 182 Å². The zero-order valence-electron chi connectivity index (χ0n) is 35.6. The molecule has 5 nitrogen and oxygen atoms in total. The maximum Gasteiger partial charge on any atom is 0.164 e.